The SMILES string of the molecule is COc1ccc(-c2nnc(S[C@@H](C)c3nnc(-c4ccccc4)o3)n2C)cc1. The number of aromatic nitrogens is 5. The molecule has 0 unspecified atom stereocenters. The highest BCUT2D eigenvalue weighted by Crippen LogP contribution is 2.35. The van der Waals surface area contributed by atoms with E-state index in [1.54, 1.807) is 7.11 Å². The van der Waals surface area contributed by atoms with Gasteiger partial charge in [0.2, 0.25) is 11.8 Å². The van der Waals surface area contributed by atoms with Crippen molar-refractivity contribution < 1.29 is 9.15 Å². The Kier molecular flexibility index (Phi) is 5.12. The van der Waals surface area contributed by atoms with Crippen LogP contribution in [0.3, 0.4) is 0 Å². The van der Waals surface area contributed by atoms with Crippen molar-refractivity contribution in [1.29, 1.82) is 0 Å². The van der Waals surface area contributed by atoms with E-state index in [1.807, 2.05) is 73.1 Å². The Bertz CT molecular complexity index is 1060. The van der Waals surface area contributed by atoms with Gasteiger partial charge < -0.3 is 13.7 Å². The lowest BCUT2D eigenvalue weighted by Crippen LogP contribution is -1.97. The second-order valence-electron chi connectivity index (χ2n) is 6.17. The van der Waals surface area contributed by atoms with Crippen molar-refractivity contribution >= 4 is 11.8 Å². The van der Waals surface area contributed by atoms with Gasteiger partial charge in [0, 0.05) is 18.2 Å². The molecule has 0 saturated carbocycles. The van der Waals surface area contributed by atoms with Crippen LogP contribution in [0.4, 0.5) is 0 Å². The molecule has 4 rings (SSSR count). The first kappa shape index (κ1) is 18.2. The van der Waals surface area contributed by atoms with Gasteiger partial charge in [0.05, 0.1) is 12.4 Å². The number of nitrogens with zero attached hydrogens (tertiary/aromatic N) is 5. The third-order valence-electron chi connectivity index (χ3n) is 4.27. The predicted octanol–water partition coefficient (Wildman–Crippen LogP) is 4.39. The zero-order valence-corrected chi connectivity index (χ0v) is 16.6. The fraction of sp³-hybridized carbons (Fsp3) is 0.200. The van der Waals surface area contributed by atoms with Gasteiger partial charge >= 0.3 is 0 Å². The molecule has 2 aromatic carbocycles. The zero-order valence-electron chi connectivity index (χ0n) is 15.7. The van der Waals surface area contributed by atoms with Crippen LogP contribution in [-0.2, 0) is 7.05 Å². The van der Waals surface area contributed by atoms with Gasteiger partial charge in [0.1, 0.15) is 5.75 Å². The molecular weight excluding hydrogens is 374 g/mol. The first-order chi connectivity index (χ1) is 13.7. The van der Waals surface area contributed by atoms with Crippen LogP contribution < -0.4 is 4.74 Å². The van der Waals surface area contributed by atoms with Crippen LogP contribution >= 0.6 is 11.8 Å². The highest BCUT2D eigenvalue weighted by Gasteiger charge is 2.20. The molecule has 4 aromatic rings. The first-order valence-corrected chi connectivity index (χ1v) is 9.63. The van der Waals surface area contributed by atoms with Gasteiger partial charge in [-0.15, -0.1) is 20.4 Å². The van der Waals surface area contributed by atoms with Crippen LogP contribution in [-0.4, -0.2) is 32.1 Å². The maximum Gasteiger partial charge on any atom is 0.247 e. The second-order valence-corrected chi connectivity index (χ2v) is 7.47. The molecule has 7 nitrogen and oxygen atoms in total. The van der Waals surface area contributed by atoms with E-state index in [1.165, 1.54) is 11.8 Å². The Labute approximate surface area is 166 Å². The molecule has 8 heteroatoms. The molecule has 0 aliphatic heterocycles. The second kappa shape index (κ2) is 7.85. The number of hydrogen-bond donors (Lipinski definition) is 0. The lowest BCUT2D eigenvalue weighted by atomic mass is 10.2. The minimum Gasteiger partial charge on any atom is -0.497 e. The molecule has 0 amide bonds. The summed E-state index contributed by atoms with van der Waals surface area (Å²) in [6.07, 6.45) is 0. The Morgan fingerprint density at radius 1 is 0.929 bits per heavy atom. The van der Waals surface area contributed by atoms with E-state index in [0.717, 1.165) is 27.9 Å². The maximum atomic E-state index is 5.85. The molecule has 0 spiro atoms. The molecule has 142 valence electrons. The molecule has 1 atom stereocenters. The summed E-state index contributed by atoms with van der Waals surface area (Å²) in [6.45, 7) is 2.01. The molecule has 28 heavy (non-hydrogen) atoms. The van der Waals surface area contributed by atoms with Gasteiger partial charge in [-0.3, -0.25) is 0 Å². The zero-order chi connectivity index (χ0) is 19.5. The van der Waals surface area contributed by atoms with Crippen LogP contribution in [0.5, 0.6) is 5.75 Å². The smallest absolute Gasteiger partial charge is 0.247 e. The Balaban J connectivity index is 1.51. The van der Waals surface area contributed by atoms with Gasteiger partial charge in [0.25, 0.3) is 0 Å². The third-order valence-corrected chi connectivity index (χ3v) is 5.40. The summed E-state index contributed by atoms with van der Waals surface area (Å²) >= 11 is 1.52. The molecule has 0 fully saturated rings. The van der Waals surface area contributed by atoms with Crippen molar-refractivity contribution in [3.05, 3.63) is 60.5 Å². The van der Waals surface area contributed by atoms with Crippen LogP contribution in [0, 0.1) is 0 Å². The monoisotopic (exact) mass is 393 g/mol. The van der Waals surface area contributed by atoms with Crippen LogP contribution in [0.1, 0.15) is 18.1 Å². The Morgan fingerprint density at radius 3 is 2.39 bits per heavy atom. The molecule has 2 aromatic heterocycles. The molecule has 0 N–H and O–H groups in total. The average molecular weight is 393 g/mol. The summed E-state index contributed by atoms with van der Waals surface area (Å²) in [5, 5.41) is 17.7. The van der Waals surface area contributed by atoms with Crippen molar-refractivity contribution in [1.82, 2.24) is 25.0 Å². The summed E-state index contributed by atoms with van der Waals surface area (Å²) in [6, 6.07) is 17.5. The summed E-state index contributed by atoms with van der Waals surface area (Å²) in [4.78, 5) is 0. The van der Waals surface area contributed by atoms with Crippen molar-refractivity contribution in [3.8, 4) is 28.6 Å². The molecule has 0 bridgehead atoms. The number of benzene rings is 2. The van der Waals surface area contributed by atoms with Crippen molar-refractivity contribution in [2.24, 2.45) is 7.05 Å². The highest BCUT2D eigenvalue weighted by molar-refractivity contribution is 7.99. The van der Waals surface area contributed by atoms with E-state index in [2.05, 4.69) is 20.4 Å². The number of hydrogen-bond acceptors (Lipinski definition) is 7. The van der Waals surface area contributed by atoms with Crippen LogP contribution in [0.2, 0.25) is 0 Å². The van der Waals surface area contributed by atoms with E-state index in [9.17, 15) is 0 Å². The number of methoxy groups -OCH3 is 1. The summed E-state index contributed by atoms with van der Waals surface area (Å²) < 4.78 is 13.0. The highest BCUT2D eigenvalue weighted by atomic mass is 32.2. The molecule has 0 saturated heterocycles. The maximum absolute atomic E-state index is 5.85. The first-order valence-electron chi connectivity index (χ1n) is 8.75. The lowest BCUT2D eigenvalue weighted by Gasteiger charge is -2.07. The molecule has 2 heterocycles. The van der Waals surface area contributed by atoms with Crippen LogP contribution in [0.15, 0.2) is 64.2 Å². The predicted molar refractivity (Wildman–Crippen MR) is 107 cm³/mol. The topological polar surface area (TPSA) is 78.9 Å². The Morgan fingerprint density at radius 2 is 1.68 bits per heavy atom. The largest absolute Gasteiger partial charge is 0.497 e. The summed E-state index contributed by atoms with van der Waals surface area (Å²) in [5.41, 5.74) is 1.87. The fourth-order valence-electron chi connectivity index (χ4n) is 2.71. The van der Waals surface area contributed by atoms with Gasteiger partial charge in [-0.25, -0.2) is 0 Å². The molecule has 0 radical (unpaired) electrons. The van der Waals surface area contributed by atoms with Gasteiger partial charge in [-0.2, -0.15) is 0 Å². The summed E-state index contributed by atoms with van der Waals surface area (Å²) in [5.74, 6) is 2.66. The molecule has 0 aliphatic carbocycles. The van der Waals surface area contributed by atoms with Gasteiger partial charge in [0.15, 0.2) is 11.0 Å². The molecule has 0 aliphatic rings. The standard InChI is InChI=1S/C20H19N5O2S/c1-13(18-22-23-19(27-18)15-7-5-4-6-8-15)28-20-24-21-17(25(20)2)14-9-11-16(26-3)12-10-14/h4-13H,1-3H3/t13-/m0/s1. The van der Waals surface area contributed by atoms with E-state index in [4.69, 9.17) is 9.15 Å². The number of thioether (sulfide) groups is 1. The van der Waals surface area contributed by atoms with E-state index in [-0.39, 0.29) is 5.25 Å². The third kappa shape index (κ3) is 3.63. The fourth-order valence-corrected chi connectivity index (χ4v) is 3.56. The van der Waals surface area contributed by atoms with E-state index in [0.29, 0.717) is 11.8 Å². The molecular formula is C20H19N5O2S. The average Bonchev–Trinajstić information content (AvgIpc) is 3.37. The minimum absolute atomic E-state index is 0.0587. The van der Waals surface area contributed by atoms with Crippen LogP contribution in [0.25, 0.3) is 22.8 Å². The minimum atomic E-state index is -0.0587. The number of ether oxygens (including phenoxy) is 1. The normalized spacial score (nSPS) is 12.1. The number of rotatable bonds is 6. The summed E-state index contributed by atoms with van der Waals surface area (Å²) in [7, 11) is 3.59. The van der Waals surface area contributed by atoms with Crippen molar-refractivity contribution in [2.75, 3.05) is 7.11 Å². The van der Waals surface area contributed by atoms with Gasteiger partial charge in [-0.1, -0.05) is 30.0 Å². The quantitative estimate of drug-likeness (QED) is 0.449. The Hall–Kier alpha value is -3.13. The van der Waals surface area contributed by atoms with Crippen molar-refractivity contribution in [3.63, 3.8) is 0 Å². The van der Waals surface area contributed by atoms with Gasteiger partial charge in [-0.05, 0) is 43.3 Å². The van der Waals surface area contributed by atoms with E-state index >= 15 is 0 Å². The van der Waals surface area contributed by atoms with Crippen molar-refractivity contribution in [2.45, 2.75) is 17.3 Å². The lowest BCUT2D eigenvalue weighted by molar-refractivity contribution is 0.415. The van der Waals surface area contributed by atoms with E-state index < -0.39 is 0 Å².